The number of amides is 2. The lowest BCUT2D eigenvalue weighted by Gasteiger charge is -2.26. The minimum atomic E-state index is -1.28. The second kappa shape index (κ2) is 8.15. The molecule has 1 atom stereocenters. The second-order valence-corrected chi connectivity index (χ2v) is 14.2. The number of anilines is 1. The fourth-order valence-electron chi connectivity index (χ4n) is 3.51. The van der Waals surface area contributed by atoms with Gasteiger partial charge in [0, 0.05) is 27.2 Å². The molecular formula is C20H28N2O6Si. The Balaban J connectivity index is 1.99. The quantitative estimate of drug-likeness (QED) is 0.496. The smallest absolute Gasteiger partial charge is 0.257 e. The minimum Gasteiger partial charge on any atom is -0.493 e. The highest BCUT2D eigenvalue weighted by atomic mass is 28.3. The number of nitrogens with zero attached hydrogens (tertiary/aromatic N) is 2. The maximum atomic E-state index is 13.3. The van der Waals surface area contributed by atoms with Crippen LogP contribution in [0.1, 0.15) is 16.8 Å². The summed E-state index contributed by atoms with van der Waals surface area (Å²) in [6.07, 6.45) is 0.0260. The zero-order valence-electron chi connectivity index (χ0n) is 17.6. The molecule has 2 heterocycles. The number of hydrogen-bond donors (Lipinski definition) is 0. The van der Waals surface area contributed by atoms with E-state index in [1.54, 1.807) is 12.1 Å². The first kappa shape index (κ1) is 21.3. The maximum Gasteiger partial charge on any atom is 0.257 e. The fraction of sp³-hybridized carbons (Fsp3) is 0.550. The van der Waals surface area contributed by atoms with Gasteiger partial charge in [-0.15, -0.1) is 0 Å². The van der Waals surface area contributed by atoms with Crippen molar-refractivity contribution < 1.29 is 28.6 Å². The van der Waals surface area contributed by atoms with Crippen LogP contribution in [0.2, 0.25) is 25.7 Å². The van der Waals surface area contributed by atoms with Gasteiger partial charge in [-0.05, 0) is 12.1 Å². The molecule has 0 spiro atoms. The number of Topliss-reactive ketones (excluding diaryl/α,β-unsaturated/α-hetero) is 1. The average molecular weight is 421 g/mol. The van der Waals surface area contributed by atoms with Crippen molar-refractivity contribution in [3.63, 3.8) is 0 Å². The van der Waals surface area contributed by atoms with Crippen LogP contribution in [0.25, 0.3) is 0 Å². The van der Waals surface area contributed by atoms with E-state index in [1.807, 2.05) is 0 Å². The van der Waals surface area contributed by atoms with E-state index in [-0.39, 0.29) is 37.3 Å². The first-order chi connectivity index (χ1) is 13.7. The predicted octanol–water partition coefficient (Wildman–Crippen LogP) is 2.15. The van der Waals surface area contributed by atoms with E-state index in [0.717, 1.165) is 6.04 Å². The third kappa shape index (κ3) is 4.30. The van der Waals surface area contributed by atoms with Gasteiger partial charge in [0.1, 0.15) is 12.8 Å². The Morgan fingerprint density at radius 1 is 1.07 bits per heavy atom. The average Bonchev–Trinajstić information content (AvgIpc) is 3.04. The Morgan fingerprint density at radius 2 is 1.72 bits per heavy atom. The van der Waals surface area contributed by atoms with Crippen LogP contribution < -0.4 is 14.4 Å². The molecule has 0 radical (unpaired) electrons. The van der Waals surface area contributed by atoms with Crippen molar-refractivity contribution in [2.24, 2.45) is 0 Å². The second-order valence-electron chi connectivity index (χ2n) is 8.53. The van der Waals surface area contributed by atoms with Crippen LogP contribution >= 0.6 is 0 Å². The molecule has 1 fully saturated rings. The molecule has 8 nitrogen and oxygen atoms in total. The van der Waals surface area contributed by atoms with Gasteiger partial charge in [0.2, 0.25) is 0 Å². The molecule has 2 amide bonds. The van der Waals surface area contributed by atoms with Gasteiger partial charge in [-0.3, -0.25) is 19.3 Å². The molecule has 0 aliphatic carbocycles. The van der Waals surface area contributed by atoms with Gasteiger partial charge in [-0.2, -0.15) is 0 Å². The number of methoxy groups -OCH3 is 2. The van der Waals surface area contributed by atoms with Crippen LogP contribution in [-0.2, 0) is 14.3 Å². The van der Waals surface area contributed by atoms with Crippen molar-refractivity contribution in [3.8, 4) is 11.5 Å². The van der Waals surface area contributed by atoms with Gasteiger partial charge in [0.25, 0.3) is 11.8 Å². The van der Waals surface area contributed by atoms with Gasteiger partial charge in [0.05, 0.1) is 32.0 Å². The molecule has 0 unspecified atom stereocenters. The Kier molecular flexibility index (Phi) is 5.99. The van der Waals surface area contributed by atoms with Gasteiger partial charge in [0.15, 0.2) is 17.3 Å². The summed E-state index contributed by atoms with van der Waals surface area (Å²) in [5, 5.41) is 0. The van der Waals surface area contributed by atoms with E-state index in [0.29, 0.717) is 29.4 Å². The first-order valence-corrected chi connectivity index (χ1v) is 13.3. The highest BCUT2D eigenvalue weighted by Gasteiger charge is 2.45. The lowest BCUT2D eigenvalue weighted by Crippen LogP contribution is -2.45. The summed E-state index contributed by atoms with van der Waals surface area (Å²) >= 11 is 0. The molecule has 0 bridgehead atoms. The SMILES string of the molecule is COc1cc2c(cc1OC)N(COCC[Si](C)(C)C)C(=O)[C@@H]1CC(=O)CN1C2=O. The number of benzene rings is 1. The van der Waals surface area contributed by atoms with Gasteiger partial charge in [-0.25, -0.2) is 0 Å². The van der Waals surface area contributed by atoms with Crippen molar-refractivity contribution >= 4 is 31.4 Å². The number of rotatable bonds is 7. The molecule has 2 aliphatic rings. The first-order valence-electron chi connectivity index (χ1n) is 9.64. The standard InChI is InChI=1S/C20H28N2O6Si/c1-26-17-9-14-15(10-18(17)27-2)22(12-28-6-7-29(3,4)5)20(25)16-8-13(23)11-21(16)19(14)24/h9-10,16H,6-8,11-12H2,1-5H3/t16-/m0/s1. The van der Waals surface area contributed by atoms with E-state index < -0.39 is 14.1 Å². The largest absolute Gasteiger partial charge is 0.493 e. The van der Waals surface area contributed by atoms with E-state index in [2.05, 4.69) is 19.6 Å². The summed E-state index contributed by atoms with van der Waals surface area (Å²) in [6, 6.07) is 3.33. The molecule has 1 aromatic rings. The predicted molar refractivity (Wildman–Crippen MR) is 110 cm³/mol. The molecule has 3 rings (SSSR count). The number of fused-ring (bicyclic) bond motifs is 2. The molecule has 0 aromatic heterocycles. The number of ketones is 1. The van der Waals surface area contributed by atoms with Gasteiger partial charge >= 0.3 is 0 Å². The minimum absolute atomic E-state index is 0.0115. The summed E-state index contributed by atoms with van der Waals surface area (Å²) in [6.45, 7) is 7.23. The molecule has 0 saturated carbocycles. The Morgan fingerprint density at radius 3 is 2.34 bits per heavy atom. The highest BCUT2D eigenvalue weighted by Crippen LogP contribution is 2.39. The van der Waals surface area contributed by atoms with Gasteiger partial charge in [-0.1, -0.05) is 19.6 Å². The lowest BCUT2D eigenvalue weighted by molar-refractivity contribution is -0.124. The summed E-state index contributed by atoms with van der Waals surface area (Å²) in [4.78, 5) is 41.2. The zero-order valence-corrected chi connectivity index (χ0v) is 18.6. The molecule has 158 valence electrons. The fourth-order valence-corrected chi connectivity index (χ4v) is 4.26. The van der Waals surface area contributed by atoms with Crippen LogP contribution in [0.15, 0.2) is 12.1 Å². The van der Waals surface area contributed by atoms with E-state index >= 15 is 0 Å². The normalized spacial score (nSPS) is 19.2. The number of carbonyl (C=O) groups is 3. The molecule has 2 aliphatic heterocycles. The molecule has 29 heavy (non-hydrogen) atoms. The molecule has 1 aromatic carbocycles. The molecular weight excluding hydrogens is 392 g/mol. The van der Waals surface area contributed by atoms with Crippen LogP contribution in [0.5, 0.6) is 11.5 Å². The Hall–Kier alpha value is -2.39. The summed E-state index contributed by atoms with van der Waals surface area (Å²) < 4.78 is 16.5. The zero-order chi connectivity index (χ0) is 21.3. The summed E-state index contributed by atoms with van der Waals surface area (Å²) in [7, 11) is 1.70. The third-order valence-electron chi connectivity index (χ3n) is 5.20. The van der Waals surface area contributed by atoms with Crippen molar-refractivity contribution in [2.75, 3.05) is 39.0 Å². The Labute approximate surface area is 171 Å². The van der Waals surface area contributed by atoms with Gasteiger partial charge < -0.3 is 19.1 Å². The monoisotopic (exact) mass is 420 g/mol. The van der Waals surface area contributed by atoms with Crippen LogP contribution in [0.4, 0.5) is 5.69 Å². The van der Waals surface area contributed by atoms with Crippen molar-refractivity contribution in [3.05, 3.63) is 17.7 Å². The topological polar surface area (TPSA) is 85.4 Å². The molecule has 9 heteroatoms. The van der Waals surface area contributed by atoms with E-state index in [4.69, 9.17) is 14.2 Å². The van der Waals surface area contributed by atoms with Crippen LogP contribution in [0.3, 0.4) is 0 Å². The number of hydrogen-bond acceptors (Lipinski definition) is 6. The highest BCUT2D eigenvalue weighted by molar-refractivity contribution is 6.76. The van der Waals surface area contributed by atoms with E-state index in [9.17, 15) is 14.4 Å². The number of carbonyl (C=O) groups excluding carboxylic acids is 3. The van der Waals surface area contributed by atoms with Crippen LogP contribution in [0, 0.1) is 0 Å². The third-order valence-corrected chi connectivity index (χ3v) is 6.90. The van der Waals surface area contributed by atoms with Crippen LogP contribution in [-0.4, -0.2) is 70.7 Å². The van der Waals surface area contributed by atoms with Crippen molar-refractivity contribution in [1.29, 1.82) is 0 Å². The summed E-state index contributed by atoms with van der Waals surface area (Å²) in [5.74, 6) is -0.00846. The molecule has 1 saturated heterocycles. The number of ether oxygens (including phenoxy) is 3. The van der Waals surface area contributed by atoms with Crippen molar-refractivity contribution in [2.45, 2.75) is 38.1 Å². The van der Waals surface area contributed by atoms with E-state index in [1.165, 1.54) is 24.0 Å². The molecule has 0 N–H and O–H groups in total. The lowest BCUT2D eigenvalue weighted by atomic mass is 10.1. The maximum absolute atomic E-state index is 13.3. The Bertz CT molecular complexity index is 835. The summed E-state index contributed by atoms with van der Waals surface area (Å²) in [5.41, 5.74) is 0.703. The van der Waals surface area contributed by atoms with Crippen molar-refractivity contribution in [1.82, 2.24) is 4.90 Å².